The number of aromatic nitrogens is 5. The molecule has 0 amide bonds. The third-order valence-electron chi connectivity index (χ3n) is 2.33. The number of hydrogen-bond donors (Lipinski definition) is 2. The first kappa shape index (κ1) is 8.78. The van der Waals surface area contributed by atoms with Crippen LogP contribution in [0.3, 0.4) is 0 Å². The molecule has 2 N–H and O–H groups in total. The molecule has 0 saturated carbocycles. The molecule has 0 aliphatic carbocycles. The fourth-order valence-corrected chi connectivity index (χ4v) is 1.59. The predicted octanol–water partition coefficient (Wildman–Crippen LogP) is 0.708. The highest BCUT2D eigenvalue weighted by Gasteiger charge is 2.08. The van der Waals surface area contributed by atoms with Crippen LogP contribution in [0.25, 0.3) is 22.2 Å². The van der Waals surface area contributed by atoms with Gasteiger partial charge in [0.1, 0.15) is 5.52 Å². The second-order valence-corrected chi connectivity index (χ2v) is 3.27. The minimum atomic E-state index is -0.240. The molecule has 0 unspecified atom stereocenters. The monoisotopic (exact) mass is 213 g/mol. The molecule has 0 aromatic carbocycles. The van der Waals surface area contributed by atoms with Crippen molar-refractivity contribution in [2.24, 2.45) is 0 Å². The van der Waals surface area contributed by atoms with Gasteiger partial charge in [0.25, 0.3) is 5.56 Å². The summed E-state index contributed by atoms with van der Waals surface area (Å²) >= 11 is 0. The average molecular weight is 213 g/mol. The van der Waals surface area contributed by atoms with Gasteiger partial charge in [-0.15, -0.1) is 0 Å². The van der Waals surface area contributed by atoms with E-state index in [1.54, 1.807) is 24.8 Å². The number of pyridine rings is 1. The van der Waals surface area contributed by atoms with Gasteiger partial charge in [-0.25, -0.2) is 4.98 Å². The molecule has 0 bridgehead atoms. The van der Waals surface area contributed by atoms with Gasteiger partial charge in [0, 0.05) is 35.9 Å². The molecule has 6 nitrogen and oxygen atoms in total. The van der Waals surface area contributed by atoms with Crippen LogP contribution in [0.1, 0.15) is 0 Å². The molecule has 78 valence electrons. The Morgan fingerprint density at radius 3 is 2.62 bits per heavy atom. The molecular formula is C10H7N5O. The van der Waals surface area contributed by atoms with E-state index >= 15 is 0 Å². The Morgan fingerprint density at radius 1 is 1.06 bits per heavy atom. The molecule has 0 saturated heterocycles. The summed E-state index contributed by atoms with van der Waals surface area (Å²) in [5.41, 5.74) is 2.34. The van der Waals surface area contributed by atoms with Crippen molar-refractivity contribution in [1.29, 1.82) is 0 Å². The Balaban J connectivity index is 2.43. The third kappa shape index (κ3) is 1.20. The number of fused-ring (bicyclic) bond motifs is 1. The van der Waals surface area contributed by atoms with E-state index < -0.39 is 0 Å². The third-order valence-corrected chi connectivity index (χ3v) is 2.33. The Hall–Kier alpha value is -2.50. The fraction of sp³-hybridized carbons (Fsp3) is 0. The summed E-state index contributed by atoms with van der Waals surface area (Å²) in [6.45, 7) is 0. The Kier molecular flexibility index (Phi) is 1.79. The van der Waals surface area contributed by atoms with Crippen molar-refractivity contribution in [3.63, 3.8) is 0 Å². The van der Waals surface area contributed by atoms with Crippen molar-refractivity contribution in [2.45, 2.75) is 0 Å². The SMILES string of the molecule is O=c1[nH]cc(-c2cn[nH]c2)c2nccnc12. The molecule has 16 heavy (non-hydrogen) atoms. The van der Waals surface area contributed by atoms with Crippen LogP contribution in [0, 0.1) is 0 Å². The van der Waals surface area contributed by atoms with Gasteiger partial charge in [-0.3, -0.25) is 14.9 Å². The van der Waals surface area contributed by atoms with Gasteiger partial charge in [-0.1, -0.05) is 0 Å². The van der Waals surface area contributed by atoms with E-state index in [4.69, 9.17) is 0 Å². The van der Waals surface area contributed by atoms with Crippen LogP contribution in [0.2, 0.25) is 0 Å². The minimum Gasteiger partial charge on any atom is -0.326 e. The number of nitrogens with zero attached hydrogens (tertiary/aromatic N) is 3. The molecule has 3 aromatic heterocycles. The summed E-state index contributed by atoms with van der Waals surface area (Å²) in [7, 11) is 0. The number of rotatable bonds is 1. The highest BCUT2D eigenvalue weighted by molar-refractivity contribution is 5.89. The molecule has 0 atom stereocenters. The summed E-state index contributed by atoms with van der Waals surface area (Å²) in [5, 5.41) is 6.58. The summed E-state index contributed by atoms with van der Waals surface area (Å²) in [6, 6.07) is 0. The lowest BCUT2D eigenvalue weighted by Crippen LogP contribution is -2.08. The van der Waals surface area contributed by atoms with E-state index in [0.717, 1.165) is 11.1 Å². The molecule has 3 aromatic rings. The molecular weight excluding hydrogens is 206 g/mol. The Bertz CT molecular complexity index is 686. The van der Waals surface area contributed by atoms with Crippen molar-refractivity contribution < 1.29 is 0 Å². The second-order valence-electron chi connectivity index (χ2n) is 3.27. The topological polar surface area (TPSA) is 87.3 Å². The van der Waals surface area contributed by atoms with Gasteiger partial charge in [-0.05, 0) is 0 Å². The summed E-state index contributed by atoms with van der Waals surface area (Å²) in [5.74, 6) is 0. The molecule has 0 aliphatic rings. The van der Waals surface area contributed by atoms with Crippen molar-refractivity contribution >= 4 is 11.0 Å². The summed E-state index contributed by atoms with van der Waals surface area (Å²) < 4.78 is 0. The number of aromatic amines is 2. The normalized spacial score (nSPS) is 10.8. The zero-order valence-corrected chi connectivity index (χ0v) is 8.14. The molecule has 3 heterocycles. The van der Waals surface area contributed by atoms with Crippen LogP contribution in [-0.4, -0.2) is 25.1 Å². The predicted molar refractivity (Wildman–Crippen MR) is 57.7 cm³/mol. The smallest absolute Gasteiger partial charge is 0.276 e. The molecule has 0 aliphatic heterocycles. The Labute approximate surface area is 89.4 Å². The lowest BCUT2D eigenvalue weighted by Gasteiger charge is -2.00. The van der Waals surface area contributed by atoms with Gasteiger partial charge in [0.15, 0.2) is 5.52 Å². The van der Waals surface area contributed by atoms with E-state index in [-0.39, 0.29) is 5.56 Å². The maximum absolute atomic E-state index is 11.5. The van der Waals surface area contributed by atoms with E-state index in [2.05, 4.69) is 25.1 Å². The van der Waals surface area contributed by atoms with E-state index in [1.165, 1.54) is 6.20 Å². The first-order chi connectivity index (χ1) is 7.86. The first-order valence-electron chi connectivity index (χ1n) is 4.68. The van der Waals surface area contributed by atoms with Crippen molar-refractivity contribution in [2.75, 3.05) is 0 Å². The first-order valence-corrected chi connectivity index (χ1v) is 4.68. The fourth-order valence-electron chi connectivity index (χ4n) is 1.59. The zero-order valence-electron chi connectivity index (χ0n) is 8.14. The lowest BCUT2D eigenvalue weighted by molar-refractivity contribution is 1.09. The minimum absolute atomic E-state index is 0.240. The molecule has 0 fully saturated rings. The highest BCUT2D eigenvalue weighted by atomic mass is 16.1. The highest BCUT2D eigenvalue weighted by Crippen LogP contribution is 2.21. The van der Waals surface area contributed by atoms with Crippen molar-refractivity contribution in [3.8, 4) is 11.1 Å². The van der Waals surface area contributed by atoms with Crippen LogP contribution in [0.15, 0.2) is 35.8 Å². The lowest BCUT2D eigenvalue weighted by atomic mass is 10.1. The molecule has 3 rings (SSSR count). The van der Waals surface area contributed by atoms with E-state index in [9.17, 15) is 4.79 Å². The van der Waals surface area contributed by atoms with Gasteiger partial charge in [-0.2, -0.15) is 5.10 Å². The van der Waals surface area contributed by atoms with Crippen LogP contribution in [-0.2, 0) is 0 Å². The van der Waals surface area contributed by atoms with Gasteiger partial charge >= 0.3 is 0 Å². The number of H-pyrrole nitrogens is 2. The van der Waals surface area contributed by atoms with Gasteiger partial charge in [0.05, 0.1) is 6.20 Å². The zero-order chi connectivity index (χ0) is 11.0. The van der Waals surface area contributed by atoms with Crippen LogP contribution in [0.5, 0.6) is 0 Å². The Morgan fingerprint density at radius 2 is 1.88 bits per heavy atom. The van der Waals surface area contributed by atoms with E-state index in [0.29, 0.717) is 11.0 Å². The summed E-state index contributed by atoms with van der Waals surface area (Å²) in [4.78, 5) is 22.3. The van der Waals surface area contributed by atoms with Crippen molar-refractivity contribution in [1.82, 2.24) is 25.1 Å². The number of nitrogens with one attached hydrogen (secondary N) is 2. The van der Waals surface area contributed by atoms with Gasteiger partial charge < -0.3 is 4.98 Å². The standard InChI is InChI=1S/C10H7N5O/c16-10-9-8(11-1-2-12-9)7(5-13-10)6-3-14-15-4-6/h1-5H,(H,13,16)(H,14,15). The maximum Gasteiger partial charge on any atom is 0.276 e. The number of hydrogen-bond acceptors (Lipinski definition) is 4. The molecule has 0 radical (unpaired) electrons. The van der Waals surface area contributed by atoms with Gasteiger partial charge in [0.2, 0.25) is 0 Å². The second kappa shape index (κ2) is 3.27. The molecule has 6 heteroatoms. The largest absolute Gasteiger partial charge is 0.326 e. The average Bonchev–Trinajstić information content (AvgIpc) is 2.83. The van der Waals surface area contributed by atoms with Crippen LogP contribution in [0.4, 0.5) is 0 Å². The quantitative estimate of drug-likeness (QED) is 0.623. The van der Waals surface area contributed by atoms with Crippen LogP contribution >= 0.6 is 0 Å². The van der Waals surface area contributed by atoms with E-state index in [1.807, 2.05) is 0 Å². The maximum atomic E-state index is 11.5. The van der Waals surface area contributed by atoms with Crippen LogP contribution < -0.4 is 5.56 Å². The summed E-state index contributed by atoms with van der Waals surface area (Å²) in [6.07, 6.45) is 8.08. The van der Waals surface area contributed by atoms with Crippen molar-refractivity contribution in [3.05, 3.63) is 41.3 Å². The molecule has 0 spiro atoms.